The summed E-state index contributed by atoms with van der Waals surface area (Å²) < 4.78 is 33.4. The minimum atomic E-state index is -1.76. The smallest absolute Gasteiger partial charge is 0.306 e. The van der Waals surface area contributed by atoms with Gasteiger partial charge in [0.2, 0.25) is 0 Å². The number of hydrogen-bond donors (Lipinski definition) is 7. The fraction of sp³-hybridized carbons (Fsp3) is 0.955. The third-order valence-corrected chi connectivity index (χ3v) is 11.3. The first-order valence-electron chi connectivity index (χ1n) is 23.1. The molecule has 2 heterocycles. The minimum Gasteiger partial charge on any atom is -0.462 e. The van der Waals surface area contributed by atoms with Crippen LogP contribution in [0.25, 0.3) is 0 Å². The molecule has 2 aliphatic heterocycles. The highest BCUT2D eigenvalue weighted by atomic mass is 16.7. The number of ether oxygens (including phenoxy) is 6. The van der Waals surface area contributed by atoms with Crippen LogP contribution in [0.3, 0.4) is 0 Å². The van der Waals surface area contributed by atoms with Crippen LogP contribution < -0.4 is 0 Å². The highest BCUT2D eigenvalue weighted by Gasteiger charge is 2.47. The Morgan fingerprint density at radius 2 is 0.864 bits per heavy atom. The van der Waals surface area contributed by atoms with Crippen molar-refractivity contribution in [1.82, 2.24) is 0 Å². The average molecular weight is 851 g/mol. The van der Waals surface area contributed by atoms with E-state index in [-0.39, 0.29) is 26.1 Å². The van der Waals surface area contributed by atoms with Crippen LogP contribution >= 0.6 is 0 Å². The quantitative estimate of drug-likeness (QED) is 0.0333. The van der Waals surface area contributed by atoms with E-state index >= 15 is 0 Å². The number of unbranched alkanes of at least 4 members (excludes halogenated alkanes) is 21. The molecule has 0 amide bonds. The van der Waals surface area contributed by atoms with Gasteiger partial charge in [-0.1, -0.05) is 149 Å². The maximum atomic E-state index is 12.9. The summed E-state index contributed by atoms with van der Waals surface area (Å²) in [5, 5.41) is 71.8. The number of aliphatic hydroxyl groups excluding tert-OH is 7. The van der Waals surface area contributed by atoms with Crippen LogP contribution in [0.1, 0.15) is 174 Å². The first-order chi connectivity index (χ1) is 28.5. The molecule has 0 saturated carbocycles. The molecule has 0 aromatic heterocycles. The molecular formula is C44H82O15. The Hall–Kier alpha value is -1.50. The summed E-state index contributed by atoms with van der Waals surface area (Å²) >= 11 is 0. The molecule has 0 bridgehead atoms. The normalized spacial score (nSPS) is 27.7. The van der Waals surface area contributed by atoms with E-state index in [1.54, 1.807) is 0 Å². The van der Waals surface area contributed by atoms with Crippen LogP contribution in [0.15, 0.2) is 0 Å². The molecule has 11 atom stereocenters. The fourth-order valence-electron chi connectivity index (χ4n) is 7.45. The SMILES string of the molecule is CCCCCCCCCCCCCCCC(=O)O[C@H](COC(=O)CCCCCCCCCCCC)CO[C@@H]1O[C@H](CO[C@H]2O[C@H](CO)[C@H](O)[C@H](O)[C@H]2O)[C@H](O)[C@H](O)[C@H]1O. The van der Waals surface area contributed by atoms with Gasteiger partial charge in [-0.25, -0.2) is 0 Å². The van der Waals surface area contributed by atoms with Crippen molar-refractivity contribution in [2.45, 2.75) is 242 Å². The minimum absolute atomic E-state index is 0.172. The Kier molecular flexibility index (Phi) is 30.1. The largest absolute Gasteiger partial charge is 0.462 e. The molecule has 0 aromatic carbocycles. The number of hydrogen-bond acceptors (Lipinski definition) is 15. The first kappa shape index (κ1) is 53.6. The van der Waals surface area contributed by atoms with E-state index in [1.165, 1.54) is 96.3 Å². The first-order valence-corrected chi connectivity index (χ1v) is 23.1. The van der Waals surface area contributed by atoms with Gasteiger partial charge in [0.05, 0.1) is 19.8 Å². The third-order valence-electron chi connectivity index (χ3n) is 11.3. The molecule has 15 heteroatoms. The van der Waals surface area contributed by atoms with Crippen LogP contribution in [0.2, 0.25) is 0 Å². The van der Waals surface area contributed by atoms with Gasteiger partial charge < -0.3 is 64.2 Å². The maximum Gasteiger partial charge on any atom is 0.306 e. The van der Waals surface area contributed by atoms with Crippen LogP contribution in [0.5, 0.6) is 0 Å². The van der Waals surface area contributed by atoms with E-state index in [1.807, 2.05) is 0 Å². The summed E-state index contributed by atoms with van der Waals surface area (Å²) in [6.45, 7) is 2.57. The van der Waals surface area contributed by atoms with Crippen LogP contribution in [0, 0.1) is 0 Å². The molecular weight excluding hydrogens is 768 g/mol. The highest BCUT2D eigenvalue weighted by molar-refractivity contribution is 5.70. The molecule has 7 N–H and O–H groups in total. The second kappa shape index (κ2) is 33.1. The Morgan fingerprint density at radius 1 is 0.475 bits per heavy atom. The lowest BCUT2D eigenvalue weighted by Gasteiger charge is -2.42. The monoisotopic (exact) mass is 851 g/mol. The van der Waals surface area contributed by atoms with Crippen molar-refractivity contribution < 1.29 is 73.8 Å². The predicted molar refractivity (Wildman–Crippen MR) is 220 cm³/mol. The van der Waals surface area contributed by atoms with Gasteiger partial charge in [0.25, 0.3) is 0 Å². The van der Waals surface area contributed by atoms with Crippen molar-refractivity contribution in [1.29, 1.82) is 0 Å². The van der Waals surface area contributed by atoms with Gasteiger partial charge in [-0.3, -0.25) is 9.59 Å². The lowest BCUT2D eigenvalue weighted by Crippen LogP contribution is -2.61. The summed E-state index contributed by atoms with van der Waals surface area (Å²) in [6, 6.07) is 0. The third kappa shape index (κ3) is 22.4. The Morgan fingerprint density at radius 3 is 1.32 bits per heavy atom. The van der Waals surface area contributed by atoms with E-state index in [2.05, 4.69) is 13.8 Å². The zero-order valence-electron chi connectivity index (χ0n) is 36.3. The summed E-state index contributed by atoms with van der Waals surface area (Å²) in [5.74, 6) is -0.918. The van der Waals surface area contributed by atoms with Gasteiger partial charge in [-0.15, -0.1) is 0 Å². The van der Waals surface area contributed by atoms with Crippen molar-refractivity contribution >= 4 is 11.9 Å². The zero-order valence-corrected chi connectivity index (χ0v) is 36.3. The number of carbonyl (C=O) groups excluding carboxylic acids is 2. The molecule has 59 heavy (non-hydrogen) atoms. The van der Waals surface area contributed by atoms with Crippen LogP contribution in [0.4, 0.5) is 0 Å². The Labute approximate surface area is 353 Å². The predicted octanol–water partition coefficient (Wildman–Crippen LogP) is 4.87. The number of aliphatic hydroxyl groups is 7. The molecule has 0 spiro atoms. The molecule has 2 rings (SSSR count). The number of carbonyl (C=O) groups is 2. The van der Waals surface area contributed by atoms with Gasteiger partial charge in [0, 0.05) is 12.8 Å². The van der Waals surface area contributed by atoms with E-state index in [0.29, 0.717) is 12.8 Å². The molecule has 2 aliphatic rings. The van der Waals surface area contributed by atoms with Crippen molar-refractivity contribution in [3.63, 3.8) is 0 Å². The average Bonchev–Trinajstić information content (AvgIpc) is 3.23. The Balaban J connectivity index is 1.85. The summed E-state index contributed by atoms with van der Waals surface area (Å²) in [5.41, 5.74) is 0. The molecule has 0 unspecified atom stereocenters. The van der Waals surface area contributed by atoms with Crippen LogP contribution in [-0.2, 0) is 38.0 Å². The lowest BCUT2D eigenvalue weighted by atomic mass is 9.98. The standard InChI is InChI=1S/C44H82O15/c1-3-5-7-9-11-13-15-16-17-19-21-23-25-27-36(47)57-32(29-54-35(46)26-24-22-20-18-14-12-10-8-6-4-2)30-55-43-42(53)40(51)38(49)34(59-43)31-56-44-41(52)39(50)37(48)33(28-45)58-44/h32-34,37-45,48-53H,3-31H2,1-2H3/t32-,33-,34-,37+,38+,39+,40+,41-,42-,43-,44+/m1/s1. The highest BCUT2D eigenvalue weighted by Crippen LogP contribution is 2.26. The molecule has 2 fully saturated rings. The molecule has 348 valence electrons. The van der Waals surface area contributed by atoms with Crippen molar-refractivity contribution in [2.24, 2.45) is 0 Å². The Bertz CT molecular complexity index is 1050. The summed E-state index contributed by atoms with van der Waals surface area (Å²) in [4.78, 5) is 25.6. The van der Waals surface area contributed by atoms with Gasteiger partial charge in [0.15, 0.2) is 18.7 Å². The number of esters is 2. The van der Waals surface area contributed by atoms with Crippen LogP contribution in [-0.4, -0.2) is 142 Å². The van der Waals surface area contributed by atoms with Crippen molar-refractivity contribution in [2.75, 3.05) is 26.4 Å². The molecule has 2 saturated heterocycles. The summed E-state index contributed by atoms with van der Waals surface area (Å²) in [7, 11) is 0. The van der Waals surface area contributed by atoms with E-state index < -0.39 is 92.7 Å². The van der Waals surface area contributed by atoms with E-state index in [9.17, 15) is 45.3 Å². The van der Waals surface area contributed by atoms with Gasteiger partial charge >= 0.3 is 11.9 Å². The summed E-state index contributed by atoms with van der Waals surface area (Å²) in [6.07, 6.45) is 10.1. The second-order valence-electron chi connectivity index (χ2n) is 16.6. The topological polar surface area (TPSA) is 231 Å². The maximum absolute atomic E-state index is 12.9. The molecule has 0 aliphatic carbocycles. The van der Waals surface area contributed by atoms with Gasteiger partial charge in [0.1, 0.15) is 55.4 Å². The number of rotatable bonds is 35. The van der Waals surface area contributed by atoms with E-state index in [4.69, 9.17) is 28.4 Å². The van der Waals surface area contributed by atoms with E-state index in [0.717, 1.165) is 38.5 Å². The van der Waals surface area contributed by atoms with Crippen molar-refractivity contribution in [3.8, 4) is 0 Å². The fourth-order valence-corrected chi connectivity index (χ4v) is 7.45. The zero-order chi connectivity index (χ0) is 43.3. The van der Waals surface area contributed by atoms with Crippen molar-refractivity contribution in [3.05, 3.63) is 0 Å². The van der Waals surface area contributed by atoms with Gasteiger partial charge in [-0.2, -0.15) is 0 Å². The van der Waals surface area contributed by atoms with Gasteiger partial charge in [-0.05, 0) is 12.8 Å². The molecule has 0 radical (unpaired) electrons. The lowest BCUT2D eigenvalue weighted by molar-refractivity contribution is -0.332. The second-order valence-corrected chi connectivity index (χ2v) is 16.6. The molecule has 15 nitrogen and oxygen atoms in total. The molecule has 0 aromatic rings.